The maximum atomic E-state index is 12.0. The van der Waals surface area contributed by atoms with E-state index in [4.69, 9.17) is 9.15 Å². The third-order valence-corrected chi connectivity index (χ3v) is 4.41. The van der Waals surface area contributed by atoms with Gasteiger partial charge < -0.3 is 14.5 Å². The molecule has 0 atom stereocenters. The number of furan rings is 1. The van der Waals surface area contributed by atoms with E-state index in [1.807, 2.05) is 0 Å². The molecule has 6 nitrogen and oxygen atoms in total. The number of nitriles is 1. The highest BCUT2D eigenvalue weighted by Gasteiger charge is 2.24. The molecular weight excluding hydrogens is 330 g/mol. The number of hydrogen-bond acceptors (Lipinski definition) is 5. The third-order valence-electron chi connectivity index (χ3n) is 4.41. The maximum Gasteiger partial charge on any atom is 0.258 e. The van der Waals surface area contributed by atoms with Gasteiger partial charge >= 0.3 is 0 Å². The third kappa shape index (κ3) is 4.05. The summed E-state index contributed by atoms with van der Waals surface area (Å²) >= 11 is 0. The molecule has 1 N–H and O–H groups in total. The van der Waals surface area contributed by atoms with Gasteiger partial charge in [0.05, 0.1) is 12.8 Å². The van der Waals surface area contributed by atoms with Crippen LogP contribution in [0.1, 0.15) is 48.4 Å². The number of pyridine rings is 1. The first-order chi connectivity index (χ1) is 12.6. The monoisotopic (exact) mass is 353 g/mol. The Morgan fingerprint density at radius 1 is 1.42 bits per heavy atom. The van der Waals surface area contributed by atoms with Crippen LogP contribution in [0.4, 0.5) is 0 Å². The van der Waals surface area contributed by atoms with Crippen molar-refractivity contribution in [1.82, 2.24) is 10.3 Å². The number of nitrogens with zero attached hydrogens (tertiary/aromatic N) is 2. The fourth-order valence-electron chi connectivity index (χ4n) is 3.27. The van der Waals surface area contributed by atoms with Crippen molar-refractivity contribution >= 4 is 5.91 Å². The molecule has 6 heteroatoms. The zero-order valence-corrected chi connectivity index (χ0v) is 15.2. The number of amides is 1. The van der Waals surface area contributed by atoms with Crippen molar-refractivity contribution < 1.29 is 13.9 Å². The molecule has 1 aliphatic rings. The summed E-state index contributed by atoms with van der Waals surface area (Å²) in [5.41, 5.74) is 3.72. The highest BCUT2D eigenvalue weighted by atomic mass is 16.5. The van der Waals surface area contributed by atoms with Crippen LogP contribution in [0.5, 0.6) is 5.88 Å². The Bertz CT molecular complexity index is 820. The Labute approximate surface area is 153 Å². The normalized spacial score (nSPS) is 12.7. The quantitative estimate of drug-likeness (QED) is 0.827. The highest BCUT2D eigenvalue weighted by molar-refractivity contribution is 5.77. The van der Waals surface area contributed by atoms with Crippen molar-refractivity contribution in [1.29, 1.82) is 5.26 Å². The van der Waals surface area contributed by atoms with E-state index in [1.165, 1.54) is 5.56 Å². The molecule has 26 heavy (non-hydrogen) atoms. The van der Waals surface area contributed by atoms with Crippen LogP contribution in [-0.4, -0.2) is 17.5 Å². The van der Waals surface area contributed by atoms with Gasteiger partial charge in [-0.1, -0.05) is 13.8 Å². The second kappa shape index (κ2) is 8.05. The smallest absolute Gasteiger partial charge is 0.258 e. The standard InChI is InChI=1S/C20H23N3O3/c1-13(2)9-18-16-7-3-6-15(16)17(10-21)20(23-18)26-12-19(24)22-11-14-5-4-8-25-14/h4-5,8,13H,3,6-7,9,11-12H2,1-2H3,(H,22,24). The molecule has 0 fully saturated rings. The van der Waals surface area contributed by atoms with Crippen LogP contribution in [0.2, 0.25) is 0 Å². The molecule has 0 aromatic carbocycles. The SMILES string of the molecule is CC(C)Cc1nc(OCC(=O)NCc2ccco2)c(C#N)c2c1CCC2. The van der Waals surface area contributed by atoms with E-state index in [-0.39, 0.29) is 18.4 Å². The number of nitrogens with one attached hydrogen (secondary N) is 1. The van der Waals surface area contributed by atoms with E-state index in [0.717, 1.165) is 36.9 Å². The van der Waals surface area contributed by atoms with Crippen LogP contribution < -0.4 is 10.1 Å². The van der Waals surface area contributed by atoms with Crippen LogP contribution in [0.3, 0.4) is 0 Å². The van der Waals surface area contributed by atoms with Gasteiger partial charge in [0.1, 0.15) is 17.4 Å². The van der Waals surface area contributed by atoms with Gasteiger partial charge in [0.25, 0.3) is 5.91 Å². The van der Waals surface area contributed by atoms with E-state index >= 15 is 0 Å². The summed E-state index contributed by atoms with van der Waals surface area (Å²) in [5.74, 6) is 1.13. The average Bonchev–Trinajstić information content (AvgIpc) is 3.29. The summed E-state index contributed by atoms with van der Waals surface area (Å²) in [6.07, 6.45) is 5.26. The zero-order chi connectivity index (χ0) is 18.5. The van der Waals surface area contributed by atoms with Gasteiger partial charge in [0.2, 0.25) is 5.88 Å². The van der Waals surface area contributed by atoms with E-state index in [2.05, 4.69) is 30.2 Å². The number of fused-ring (bicyclic) bond motifs is 1. The molecule has 0 radical (unpaired) electrons. The lowest BCUT2D eigenvalue weighted by molar-refractivity contribution is -0.123. The second-order valence-electron chi connectivity index (χ2n) is 6.90. The number of ether oxygens (including phenoxy) is 1. The molecule has 3 rings (SSSR count). The molecule has 0 saturated carbocycles. The highest BCUT2D eigenvalue weighted by Crippen LogP contribution is 2.33. The Kier molecular flexibility index (Phi) is 5.57. The van der Waals surface area contributed by atoms with Gasteiger partial charge in [-0.25, -0.2) is 4.98 Å². The van der Waals surface area contributed by atoms with Crippen molar-refractivity contribution in [3.05, 3.63) is 46.5 Å². The number of hydrogen-bond donors (Lipinski definition) is 1. The molecule has 0 unspecified atom stereocenters. The predicted molar refractivity (Wildman–Crippen MR) is 95.6 cm³/mol. The van der Waals surface area contributed by atoms with Crippen LogP contribution in [0.25, 0.3) is 0 Å². The van der Waals surface area contributed by atoms with Crippen molar-refractivity contribution in [3.63, 3.8) is 0 Å². The summed E-state index contributed by atoms with van der Waals surface area (Å²) in [4.78, 5) is 16.6. The molecule has 2 heterocycles. The van der Waals surface area contributed by atoms with Crippen molar-refractivity contribution in [2.75, 3.05) is 6.61 Å². The summed E-state index contributed by atoms with van der Waals surface area (Å²) in [6.45, 7) is 4.41. The molecule has 0 spiro atoms. The molecule has 2 aromatic heterocycles. The summed E-state index contributed by atoms with van der Waals surface area (Å²) < 4.78 is 10.8. The van der Waals surface area contributed by atoms with Crippen molar-refractivity contribution in [2.45, 2.75) is 46.1 Å². The van der Waals surface area contributed by atoms with Gasteiger partial charge in [-0.15, -0.1) is 0 Å². The molecule has 1 amide bonds. The van der Waals surface area contributed by atoms with Gasteiger partial charge in [-0.2, -0.15) is 5.26 Å². The molecule has 136 valence electrons. The first-order valence-electron chi connectivity index (χ1n) is 8.95. The Balaban J connectivity index is 1.72. The fraction of sp³-hybridized carbons (Fsp3) is 0.450. The topological polar surface area (TPSA) is 88.2 Å². The lowest BCUT2D eigenvalue weighted by Gasteiger charge is -2.15. The van der Waals surface area contributed by atoms with Crippen LogP contribution in [0.15, 0.2) is 22.8 Å². The molecule has 2 aromatic rings. The van der Waals surface area contributed by atoms with Crippen LogP contribution >= 0.6 is 0 Å². The predicted octanol–water partition coefficient (Wildman–Crippen LogP) is 2.93. The summed E-state index contributed by atoms with van der Waals surface area (Å²) in [6, 6.07) is 5.77. The first-order valence-corrected chi connectivity index (χ1v) is 8.95. The minimum Gasteiger partial charge on any atom is -0.467 e. The Morgan fingerprint density at radius 3 is 2.92 bits per heavy atom. The lowest BCUT2D eigenvalue weighted by atomic mass is 9.98. The molecule has 0 bridgehead atoms. The maximum absolute atomic E-state index is 12.0. The van der Waals surface area contributed by atoms with Crippen molar-refractivity contribution in [3.8, 4) is 11.9 Å². The Hall–Kier alpha value is -2.81. The minimum atomic E-state index is -0.280. The molecule has 0 aliphatic heterocycles. The van der Waals surface area contributed by atoms with Gasteiger partial charge in [0, 0.05) is 5.69 Å². The minimum absolute atomic E-state index is 0.178. The Morgan fingerprint density at radius 2 is 2.23 bits per heavy atom. The number of carbonyl (C=O) groups is 1. The molecule has 0 saturated heterocycles. The van der Waals surface area contributed by atoms with E-state index in [9.17, 15) is 10.1 Å². The number of aromatic nitrogens is 1. The van der Waals surface area contributed by atoms with Crippen molar-refractivity contribution in [2.24, 2.45) is 5.92 Å². The molecule has 1 aliphatic carbocycles. The first kappa shape index (κ1) is 18.0. The number of carbonyl (C=O) groups excluding carboxylic acids is 1. The zero-order valence-electron chi connectivity index (χ0n) is 15.2. The average molecular weight is 353 g/mol. The lowest BCUT2D eigenvalue weighted by Crippen LogP contribution is -2.28. The van der Waals surface area contributed by atoms with E-state index < -0.39 is 0 Å². The summed E-state index contributed by atoms with van der Waals surface area (Å²) in [5, 5.41) is 12.3. The largest absolute Gasteiger partial charge is 0.467 e. The summed E-state index contributed by atoms with van der Waals surface area (Å²) in [7, 11) is 0. The number of rotatable bonds is 7. The van der Waals surface area contributed by atoms with E-state index in [1.54, 1.807) is 18.4 Å². The van der Waals surface area contributed by atoms with Crippen LogP contribution in [-0.2, 0) is 30.6 Å². The van der Waals surface area contributed by atoms with Gasteiger partial charge in [0.15, 0.2) is 6.61 Å². The second-order valence-corrected chi connectivity index (χ2v) is 6.90. The fourth-order valence-corrected chi connectivity index (χ4v) is 3.27. The molecular formula is C20H23N3O3. The van der Waals surface area contributed by atoms with Crippen LogP contribution in [0, 0.1) is 17.2 Å². The van der Waals surface area contributed by atoms with Gasteiger partial charge in [-0.3, -0.25) is 4.79 Å². The van der Waals surface area contributed by atoms with Gasteiger partial charge in [-0.05, 0) is 54.9 Å². The van der Waals surface area contributed by atoms with E-state index in [0.29, 0.717) is 23.8 Å².